The minimum Gasteiger partial charge on any atom is -0.375 e. The molecule has 0 unspecified atom stereocenters. The molecule has 2 saturated heterocycles. The second-order valence-corrected chi connectivity index (χ2v) is 5.86. The van der Waals surface area contributed by atoms with Crippen molar-refractivity contribution in [3.05, 3.63) is 35.9 Å². The van der Waals surface area contributed by atoms with Crippen LogP contribution in [-0.4, -0.2) is 36.2 Å². The molecular formula is C16H23NO. The highest BCUT2D eigenvalue weighted by Crippen LogP contribution is 2.39. The first-order valence-electron chi connectivity index (χ1n) is 7.19. The van der Waals surface area contributed by atoms with Crippen molar-refractivity contribution in [1.82, 2.24) is 4.90 Å². The van der Waals surface area contributed by atoms with Crippen molar-refractivity contribution in [2.24, 2.45) is 0 Å². The minimum absolute atomic E-state index is 0.267. The molecule has 2 aliphatic rings. The fraction of sp³-hybridized carbons (Fsp3) is 0.625. The van der Waals surface area contributed by atoms with Crippen LogP contribution in [0, 0.1) is 0 Å². The first-order chi connectivity index (χ1) is 8.77. The van der Waals surface area contributed by atoms with Crippen LogP contribution in [0.2, 0.25) is 0 Å². The third-order valence-corrected chi connectivity index (χ3v) is 4.64. The molecule has 2 atom stereocenters. The van der Waals surface area contributed by atoms with Crippen LogP contribution in [-0.2, 0) is 11.2 Å². The Morgan fingerprint density at radius 3 is 2.67 bits per heavy atom. The van der Waals surface area contributed by atoms with Crippen molar-refractivity contribution in [2.75, 3.05) is 19.7 Å². The highest BCUT2D eigenvalue weighted by molar-refractivity contribution is 5.15. The van der Waals surface area contributed by atoms with Crippen LogP contribution in [0.15, 0.2) is 30.3 Å². The molecule has 0 saturated carbocycles. The van der Waals surface area contributed by atoms with E-state index in [4.69, 9.17) is 4.74 Å². The van der Waals surface area contributed by atoms with E-state index in [0.29, 0.717) is 6.04 Å². The van der Waals surface area contributed by atoms with Gasteiger partial charge in [0.2, 0.25) is 0 Å². The molecule has 1 aromatic carbocycles. The van der Waals surface area contributed by atoms with E-state index in [0.717, 1.165) is 6.61 Å². The number of hydrogen-bond donors (Lipinski definition) is 0. The number of hydrogen-bond acceptors (Lipinski definition) is 2. The van der Waals surface area contributed by atoms with Gasteiger partial charge in [0.05, 0.1) is 12.2 Å². The Morgan fingerprint density at radius 1 is 1.28 bits per heavy atom. The smallest absolute Gasteiger partial charge is 0.0731 e. The number of rotatable bonds is 3. The van der Waals surface area contributed by atoms with E-state index in [-0.39, 0.29) is 5.60 Å². The summed E-state index contributed by atoms with van der Waals surface area (Å²) in [6, 6.07) is 11.5. The minimum atomic E-state index is 0.267. The monoisotopic (exact) mass is 245 g/mol. The van der Waals surface area contributed by atoms with Crippen LogP contribution >= 0.6 is 0 Å². The largest absolute Gasteiger partial charge is 0.375 e. The average Bonchev–Trinajstić information content (AvgIpc) is 2.37. The van der Waals surface area contributed by atoms with Gasteiger partial charge >= 0.3 is 0 Å². The zero-order valence-corrected chi connectivity index (χ0v) is 11.3. The summed E-state index contributed by atoms with van der Waals surface area (Å²) in [5.74, 6) is 0. The van der Waals surface area contributed by atoms with Crippen LogP contribution in [0.4, 0.5) is 0 Å². The second-order valence-electron chi connectivity index (χ2n) is 5.86. The lowest BCUT2D eigenvalue weighted by atomic mass is 9.81. The van der Waals surface area contributed by atoms with Crippen molar-refractivity contribution in [1.29, 1.82) is 0 Å². The Kier molecular flexibility index (Phi) is 3.40. The molecule has 0 radical (unpaired) electrons. The third kappa shape index (κ3) is 2.45. The molecular weight excluding hydrogens is 222 g/mol. The maximum atomic E-state index is 5.81. The van der Waals surface area contributed by atoms with Gasteiger partial charge in [-0.25, -0.2) is 0 Å². The summed E-state index contributed by atoms with van der Waals surface area (Å²) < 4.78 is 5.81. The quantitative estimate of drug-likeness (QED) is 0.812. The molecule has 0 N–H and O–H groups in total. The van der Waals surface area contributed by atoms with Gasteiger partial charge in [-0.05, 0) is 38.2 Å². The molecule has 2 heterocycles. The molecule has 2 fully saturated rings. The fourth-order valence-corrected chi connectivity index (χ4v) is 3.34. The molecule has 3 rings (SSSR count). The molecule has 1 spiro atoms. The first-order valence-corrected chi connectivity index (χ1v) is 7.19. The average molecular weight is 245 g/mol. The van der Waals surface area contributed by atoms with Gasteiger partial charge in [0.25, 0.3) is 0 Å². The van der Waals surface area contributed by atoms with Gasteiger partial charge in [0.1, 0.15) is 0 Å². The van der Waals surface area contributed by atoms with E-state index in [2.05, 4.69) is 42.2 Å². The molecule has 0 aromatic heterocycles. The second kappa shape index (κ2) is 5.02. The molecule has 0 bridgehead atoms. The summed E-state index contributed by atoms with van der Waals surface area (Å²) in [4.78, 5) is 2.62. The summed E-state index contributed by atoms with van der Waals surface area (Å²) in [6.07, 6.45) is 4.90. The normalized spacial score (nSPS) is 32.4. The summed E-state index contributed by atoms with van der Waals surface area (Å²) in [7, 11) is 0. The van der Waals surface area contributed by atoms with Crippen LogP contribution < -0.4 is 0 Å². The lowest BCUT2D eigenvalue weighted by molar-refractivity contribution is -0.181. The van der Waals surface area contributed by atoms with Crippen molar-refractivity contribution in [2.45, 2.75) is 44.2 Å². The van der Waals surface area contributed by atoms with Crippen molar-refractivity contribution in [3.8, 4) is 0 Å². The number of nitrogens with zero attached hydrogens (tertiary/aromatic N) is 1. The Hall–Kier alpha value is -0.860. The van der Waals surface area contributed by atoms with Crippen LogP contribution in [0.3, 0.4) is 0 Å². The van der Waals surface area contributed by atoms with E-state index in [1.807, 2.05) is 0 Å². The molecule has 98 valence electrons. The Balaban J connectivity index is 1.52. The molecule has 2 aliphatic heterocycles. The fourth-order valence-electron chi connectivity index (χ4n) is 3.34. The molecule has 18 heavy (non-hydrogen) atoms. The van der Waals surface area contributed by atoms with E-state index in [1.165, 1.54) is 44.3 Å². The number of benzene rings is 1. The van der Waals surface area contributed by atoms with E-state index < -0.39 is 0 Å². The molecule has 2 nitrogen and oxygen atoms in total. The van der Waals surface area contributed by atoms with Gasteiger partial charge in [0.15, 0.2) is 0 Å². The predicted octanol–water partition coefficient (Wildman–Crippen LogP) is 2.87. The highest BCUT2D eigenvalue weighted by atomic mass is 16.5. The van der Waals surface area contributed by atoms with Crippen LogP contribution in [0.5, 0.6) is 0 Å². The van der Waals surface area contributed by atoms with E-state index in [1.54, 1.807) is 0 Å². The van der Waals surface area contributed by atoms with Crippen molar-refractivity contribution < 1.29 is 4.74 Å². The topological polar surface area (TPSA) is 12.5 Å². The molecule has 2 heteroatoms. The van der Waals surface area contributed by atoms with E-state index in [9.17, 15) is 0 Å². The predicted molar refractivity (Wildman–Crippen MR) is 73.7 cm³/mol. The number of ether oxygens (including phenoxy) is 1. The summed E-state index contributed by atoms with van der Waals surface area (Å²) in [6.45, 7) is 5.72. The Labute approximate surface area is 110 Å². The molecule has 0 aliphatic carbocycles. The molecule has 0 amide bonds. The number of piperidine rings is 1. The van der Waals surface area contributed by atoms with Gasteiger partial charge in [-0.3, -0.25) is 0 Å². The van der Waals surface area contributed by atoms with Crippen LogP contribution in [0.1, 0.15) is 31.7 Å². The highest BCUT2D eigenvalue weighted by Gasteiger charge is 2.43. The third-order valence-electron chi connectivity index (χ3n) is 4.64. The summed E-state index contributed by atoms with van der Waals surface area (Å²) in [5.41, 5.74) is 1.72. The maximum absolute atomic E-state index is 5.81. The zero-order valence-electron chi connectivity index (χ0n) is 11.3. The van der Waals surface area contributed by atoms with E-state index >= 15 is 0 Å². The van der Waals surface area contributed by atoms with Crippen molar-refractivity contribution in [3.63, 3.8) is 0 Å². The van der Waals surface area contributed by atoms with Gasteiger partial charge in [-0.1, -0.05) is 30.3 Å². The van der Waals surface area contributed by atoms with Gasteiger partial charge in [0, 0.05) is 19.1 Å². The lowest BCUT2D eigenvalue weighted by Crippen LogP contribution is -2.55. The first kappa shape index (κ1) is 12.2. The van der Waals surface area contributed by atoms with Crippen molar-refractivity contribution >= 4 is 0 Å². The van der Waals surface area contributed by atoms with Crippen LogP contribution in [0.25, 0.3) is 0 Å². The van der Waals surface area contributed by atoms with Gasteiger partial charge in [-0.2, -0.15) is 0 Å². The number of likely N-dealkylation sites (tertiary alicyclic amines) is 1. The van der Waals surface area contributed by atoms with Gasteiger partial charge in [-0.15, -0.1) is 0 Å². The Morgan fingerprint density at radius 2 is 2.06 bits per heavy atom. The summed E-state index contributed by atoms with van der Waals surface area (Å²) >= 11 is 0. The standard InChI is InChI=1S/C16H23NO/c1-14-13-16(9-12-18-16)8-11-17(14)10-7-15-5-3-2-4-6-15/h2-6,14H,7-13H2,1H3/t14-,16-/m1/s1. The molecule has 1 aromatic rings. The Bertz CT molecular complexity index is 385. The van der Waals surface area contributed by atoms with Gasteiger partial charge < -0.3 is 9.64 Å². The maximum Gasteiger partial charge on any atom is 0.0731 e. The lowest BCUT2D eigenvalue weighted by Gasteiger charge is -2.50. The SMILES string of the molecule is C[C@@H]1C[C@]2(CCO2)CCN1CCc1ccccc1. The summed E-state index contributed by atoms with van der Waals surface area (Å²) in [5, 5.41) is 0. The zero-order chi connectivity index (χ0) is 12.4.